The van der Waals surface area contributed by atoms with Crippen molar-refractivity contribution in [2.24, 2.45) is 4.40 Å². The lowest BCUT2D eigenvalue weighted by Crippen LogP contribution is -2.17. The van der Waals surface area contributed by atoms with Crippen LogP contribution in [0, 0.1) is 0 Å². The molecule has 0 unspecified atom stereocenters. The van der Waals surface area contributed by atoms with E-state index in [0.29, 0.717) is 17.3 Å². The fourth-order valence-electron chi connectivity index (χ4n) is 2.31. The summed E-state index contributed by atoms with van der Waals surface area (Å²) in [6.45, 7) is 0. The van der Waals surface area contributed by atoms with Crippen LogP contribution in [-0.2, 0) is 19.3 Å². The number of nitrogens with zero attached hydrogens (tertiary/aromatic N) is 3. The molecule has 0 aliphatic heterocycles. The molecule has 15 heteroatoms. The van der Waals surface area contributed by atoms with E-state index in [4.69, 9.17) is 26.3 Å². The maximum atomic E-state index is 13.2. The van der Waals surface area contributed by atoms with Crippen LogP contribution < -0.4 is 5.32 Å². The maximum Gasteiger partial charge on any atom is 0.417 e. The average Bonchev–Trinajstić information content (AvgIpc) is 3.14. The van der Waals surface area contributed by atoms with Gasteiger partial charge in [-0.15, -0.1) is 15.7 Å². The topological polar surface area (TPSA) is 93.5 Å². The lowest BCUT2D eigenvalue weighted by Gasteiger charge is -2.11. The molecule has 164 valence electrons. The smallest absolute Gasteiger partial charge is 0.393 e. The molecule has 2 heterocycles. The number of aromatic nitrogens is 2. The van der Waals surface area contributed by atoms with E-state index >= 15 is 0 Å². The van der Waals surface area contributed by atoms with E-state index in [-0.39, 0.29) is 15.4 Å². The van der Waals surface area contributed by atoms with Gasteiger partial charge in [-0.25, -0.2) is 9.97 Å². The highest BCUT2D eigenvalue weighted by molar-refractivity contribution is 14.1. The Labute approximate surface area is 202 Å². The van der Waals surface area contributed by atoms with Crippen molar-refractivity contribution in [1.82, 2.24) is 9.97 Å². The highest BCUT2D eigenvalue weighted by Gasteiger charge is 2.37. The number of anilines is 1. The first-order valence-electron chi connectivity index (χ1n) is 7.85. The molecule has 0 spiro atoms. The molecule has 31 heavy (non-hydrogen) atoms. The predicted molar refractivity (Wildman–Crippen MR) is 120 cm³/mol. The summed E-state index contributed by atoms with van der Waals surface area (Å²) in [6, 6.07) is 6.17. The Hall–Kier alpha value is -1.68. The molecule has 0 aliphatic rings. The van der Waals surface area contributed by atoms with Crippen LogP contribution in [0.25, 0.3) is 11.3 Å². The van der Waals surface area contributed by atoms with E-state index in [9.17, 15) is 21.6 Å². The summed E-state index contributed by atoms with van der Waals surface area (Å²) in [5.74, 6) is 0. The molecule has 2 aromatic heterocycles. The predicted octanol–water partition coefficient (Wildman–Crippen LogP) is 6.05. The van der Waals surface area contributed by atoms with Gasteiger partial charge in [-0.3, -0.25) is 5.32 Å². The number of alkyl halides is 3. The summed E-state index contributed by atoms with van der Waals surface area (Å²) in [5, 5.41) is 4.59. The third kappa shape index (κ3) is 5.97. The van der Waals surface area contributed by atoms with Crippen molar-refractivity contribution >= 4 is 78.7 Å². The lowest BCUT2D eigenvalue weighted by atomic mass is 10.2. The molecule has 0 radical (unpaired) electrons. The Kier molecular flexibility index (Phi) is 7.30. The Morgan fingerprint density at radius 2 is 1.81 bits per heavy atom. The summed E-state index contributed by atoms with van der Waals surface area (Å²) in [5.41, 5.74) is -0.346. The SMILES string of the molecule is O=S(=O)(/N=C(\Nc1nc(-c2cc(Cl)nc(Cl)c2)cs1)OI)c1ccccc1C(F)(F)F. The number of pyridine rings is 1. The van der Waals surface area contributed by atoms with E-state index in [1.165, 1.54) is 35.1 Å². The van der Waals surface area contributed by atoms with E-state index in [1.54, 1.807) is 5.38 Å². The van der Waals surface area contributed by atoms with Crippen molar-refractivity contribution in [3.05, 3.63) is 57.6 Å². The second-order valence-electron chi connectivity index (χ2n) is 5.61. The number of nitrogens with one attached hydrogen (secondary N) is 1. The van der Waals surface area contributed by atoms with Crippen molar-refractivity contribution in [3.63, 3.8) is 0 Å². The van der Waals surface area contributed by atoms with Gasteiger partial charge in [0.25, 0.3) is 10.0 Å². The lowest BCUT2D eigenvalue weighted by molar-refractivity contribution is -0.139. The van der Waals surface area contributed by atoms with Crippen LogP contribution in [0.1, 0.15) is 5.56 Å². The Morgan fingerprint density at radius 3 is 2.42 bits per heavy atom. The first-order valence-corrected chi connectivity index (χ1v) is 11.8. The molecule has 0 atom stereocenters. The minimum absolute atomic E-state index is 0.150. The molecule has 1 N–H and O–H groups in total. The number of thiazole rings is 1. The molecule has 7 nitrogen and oxygen atoms in total. The summed E-state index contributed by atoms with van der Waals surface area (Å²) < 4.78 is 72.7. The van der Waals surface area contributed by atoms with Gasteiger partial charge in [-0.1, -0.05) is 35.3 Å². The van der Waals surface area contributed by atoms with Crippen LogP contribution in [0.15, 0.2) is 51.1 Å². The number of sulfonamides is 1. The number of halogens is 6. The minimum Gasteiger partial charge on any atom is -0.393 e. The van der Waals surface area contributed by atoms with Crippen LogP contribution in [0.2, 0.25) is 10.3 Å². The van der Waals surface area contributed by atoms with Crippen molar-refractivity contribution in [2.45, 2.75) is 11.1 Å². The van der Waals surface area contributed by atoms with Gasteiger partial charge >= 0.3 is 12.2 Å². The first-order chi connectivity index (χ1) is 14.5. The number of hydrogen-bond acceptors (Lipinski definition) is 6. The Bertz CT molecular complexity index is 1230. The van der Waals surface area contributed by atoms with Gasteiger partial charge in [0.2, 0.25) is 0 Å². The Morgan fingerprint density at radius 1 is 1.16 bits per heavy atom. The number of benzene rings is 1. The second kappa shape index (κ2) is 9.44. The first kappa shape index (κ1) is 24.0. The minimum atomic E-state index is -4.88. The highest BCUT2D eigenvalue weighted by atomic mass is 127. The quantitative estimate of drug-likeness (QED) is 0.165. The molecule has 0 bridgehead atoms. The fraction of sp³-hybridized carbons (Fsp3) is 0.0625. The monoisotopic (exact) mass is 622 g/mol. The van der Waals surface area contributed by atoms with Crippen LogP contribution in [0.5, 0.6) is 0 Å². The third-order valence-corrected chi connectivity index (χ3v) is 6.40. The van der Waals surface area contributed by atoms with Gasteiger partial charge in [0.05, 0.1) is 11.3 Å². The van der Waals surface area contributed by atoms with E-state index in [2.05, 4.69) is 19.7 Å². The largest absolute Gasteiger partial charge is 0.417 e. The zero-order valence-electron chi connectivity index (χ0n) is 14.7. The van der Waals surface area contributed by atoms with E-state index in [0.717, 1.165) is 29.5 Å². The molecule has 0 fully saturated rings. The standard InChI is InChI=1S/C16H8Cl2F3IN4O3S2/c17-12-5-8(6-13(18)24-12)10-7-30-15(23-10)25-14(29-22)26-31(27,28)11-4-2-1-3-9(11)16(19,20)21/h1-7H,(H,23,25,26). The summed E-state index contributed by atoms with van der Waals surface area (Å²) in [6.07, 6.45) is -4.88. The average molecular weight is 623 g/mol. The van der Waals surface area contributed by atoms with Crippen molar-refractivity contribution in [2.75, 3.05) is 5.32 Å². The van der Waals surface area contributed by atoms with Gasteiger partial charge in [0.1, 0.15) is 15.2 Å². The Balaban J connectivity index is 1.91. The van der Waals surface area contributed by atoms with Crippen molar-refractivity contribution in [1.29, 1.82) is 0 Å². The highest BCUT2D eigenvalue weighted by Crippen LogP contribution is 2.35. The maximum absolute atomic E-state index is 13.2. The number of hydrogen-bond donors (Lipinski definition) is 1. The van der Waals surface area contributed by atoms with Crippen molar-refractivity contribution in [3.8, 4) is 11.3 Å². The second-order valence-corrected chi connectivity index (χ2v) is 9.25. The normalized spacial score (nSPS) is 12.6. The third-order valence-electron chi connectivity index (χ3n) is 3.52. The zero-order valence-corrected chi connectivity index (χ0v) is 20.0. The van der Waals surface area contributed by atoms with Gasteiger partial charge in [-0.2, -0.15) is 21.6 Å². The van der Waals surface area contributed by atoms with Gasteiger partial charge in [0.15, 0.2) is 28.1 Å². The molecule has 3 aromatic rings. The van der Waals surface area contributed by atoms with Crippen LogP contribution in [0.3, 0.4) is 0 Å². The van der Waals surface area contributed by atoms with Gasteiger partial charge in [-0.05, 0) is 24.3 Å². The molecule has 0 amide bonds. The summed E-state index contributed by atoms with van der Waals surface area (Å²) in [4.78, 5) is 7.06. The summed E-state index contributed by atoms with van der Waals surface area (Å²) in [7, 11) is -4.75. The zero-order chi connectivity index (χ0) is 22.8. The molecular weight excluding hydrogens is 615 g/mol. The molecular formula is C16H8Cl2F3IN4O3S2. The van der Waals surface area contributed by atoms with E-state index < -0.39 is 32.7 Å². The number of rotatable bonds is 4. The van der Waals surface area contributed by atoms with Crippen LogP contribution in [-0.4, -0.2) is 24.4 Å². The van der Waals surface area contributed by atoms with E-state index in [1.807, 2.05) is 0 Å². The fourth-order valence-corrected chi connectivity index (χ4v) is 4.93. The molecule has 0 saturated heterocycles. The van der Waals surface area contributed by atoms with Crippen molar-refractivity contribution < 1.29 is 24.7 Å². The number of amidine groups is 1. The van der Waals surface area contributed by atoms with Crippen LogP contribution >= 0.6 is 57.5 Å². The summed E-state index contributed by atoms with van der Waals surface area (Å²) >= 11 is 14.1. The molecule has 0 saturated carbocycles. The van der Waals surface area contributed by atoms with Gasteiger partial charge < -0.3 is 3.07 Å². The molecule has 1 aromatic carbocycles. The molecule has 3 rings (SSSR count). The van der Waals surface area contributed by atoms with Gasteiger partial charge in [0, 0.05) is 10.9 Å². The van der Waals surface area contributed by atoms with Crippen LogP contribution in [0.4, 0.5) is 18.3 Å². The molecule has 0 aliphatic carbocycles.